The molecule has 1 atom stereocenters. The van der Waals surface area contributed by atoms with Crippen LogP contribution in [-0.4, -0.2) is 47.3 Å². The van der Waals surface area contributed by atoms with E-state index in [1.165, 1.54) is 42.7 Å². The molecule has 1 aromatic carbocycles. The van der Waals surface area contributed by atoms with Crippen LogP contribution in [0.5, 0.6) is 0 Å². The summed E-state index contributed by atoms with van der Waals surface area (Å²) >= 11 is 1.30. The first-order valence-electron chi connectivity index (χ1n) is 7.37. The molecule has 10 heteroatoms. The van der Waals surface area contributed by atoms with E-state index in [4.69, 9.17) is 10.5 Å². The van der Waals surface area contributed by atoms with Gasteiger partial charge in [0.25, 0.3) is 5.69 Å². The third-order valence-electron chi connectivity index (χ3n) is 4.07. The van der Waals surface area contributed by atoms with Gasteiger partial charge in [0.2, 0.25) is 0 Å². The number of aliphatic hydroxyl groups is 1. The van der Waals surface area contributed by atoms with Crippen molar-refractivity contribution in [2.24, 2.45) is 5.73 Å². The normalized spacial score (nSPS) is 16.8. The second-order valence-electron chi connectivity index (χ2n) is 5.68. The van der Waals surface area contributed by atoms with Crippen molar-refractivity contribution in [3.8, 4) is 0 Å². The summed E-state index contributed by atoms with van der Waals surface area (Å²) < 4.78 is 4.84. The Morgan fingerprint density at radius 1 is 1.48 bits per heavy atom. The smallest absolute Gasteiger partial charge is 0.336 e. The lowest BCUT2D eigenvalue weighted by Gasteiger charge is -2.35. The Labute approximate surface area is 146 Å². The number of ether oxygens (including phenoxy) is 1. The van der Waals surface area contributed by atoms with Gasteiger partial charge in [-0.2, -0.15) is 0 Å². The Morgan fingerprint density at radius 3 is 2.64 bits per heavy atom. The summed E-state index contributed by atoms with van der Waals surface area (Å²) in [5.41, 5.74) is 5.19. The van der Waals surface area contributed by atoms with E-state index in [1.807, 2.05) is 4.90 Å². The Hall–Kier alpha value is -2.56. The molecule has 3 N–H and O–H groups in total. The number of hydrogen-bond acceptors (Lipinski definition) is 9. The number of nitro benzene ring substituents is 1. The van der Waals surface area contributed by atoms with E-state index in [1.54, 1.807) is 5.38 Å². The third-order valence-corrected chi connectivity index (χ3v) is 4.97. The molecule has 0 bridgehead atoms. The molecule has 1 aliphatic rings. The highest BCUT2D eigenvalue weighted by molar-refractivity contribution is 7.13. The Balaban J connectivity index is 1.98. The minimum absolute atomic E-state index is 0.107. The zero-order valence-corrected chi connectivity index (χ0v) is 14.1. The molecule has 0 saturated carbocycles. The van der Waals surface area contributed by atoms with E-state index in [0.29, 0.717) is 23.8 Å². The molecule has 9 nitrogen and oxygen atoms in total. The van der Waals surface area contributed by atoms with Crippen LogP contribution in [0, 0.1) is 10.1 Å². The lowest BCUT2D eigenvalue weighted by atomic mass is 9.88. The molecule has 1 aromatic heterocycles. The number of aliphatic hydroxyl groups excluding tert-OH is 1. The number of β-amino-alcohol motifs (C(OH)–C–C–N with tert-alkyl or cyclic N) is 1. The summed E-state index contributed by atoms with van der Waals surface area (Å²) in [6, 6.07) is 5.39. The quantitative estimate of drug-likeness (QED) is 0.448. The number of nitro groups is 1. The largest absolute Gasteiger partial charge is 0.467 e. The first-order chi connectivity index (χ1) is 11.9. The summed E-state index contributed by atoms with van der Waals surface area (Å²) in [4.78, 5) is 29.0. The number of aromatic nitrogens is 1. The van der Waals surface area contributed by atoms with Crippen molar-refractivity contribution in [3.63, 3.8) is 0 Å². The van der Waals surface area contributed by atoms with Crippen LogP contribution in [0.3, 0.4) is 0 Å². The predicted molar refractivity (Wildman–Crippen MR) is 90.4 cm³/mol. The van der Waals surface area contributed by atoms with Gasteiger partial charge < -0.3 is 20.5 Å². The highest BCUT2D eigenvalue weighted by atomic mass is 32.1. The highest BCUT2D eigenvalue weighted by Gasteiger charge is 2.42. The fourth-order valence-corrected chi connectivity index (χ4v) is 3.48. The van der Waals surface area contributed by atoms with Crippen molar-refractivity contribution in [3.05, 3.63) is 51.0 Å². The average molecular weight is 364 g/mol. The summed E-state index contributed by atoms with van der Waals surface area (Å²) in [6.45, 7) is 0.945. The van der Waals surface area contributed by atoms with Gasteiger partial charge in [-0.1, -0.05) is 0 Å². The van der Waals surface area contributed by atoms with Crippen molar-refractivity contribution >= 4 is 28.1 Å². The molecule has 2 heterocycles. The van der Waals surface area contributed by atoms with Crippen LogP contribution in [0.1, 0.15) is 11.3 Å². The number of carbonyl (C=O) groups excluding carboxylic acids is 1. The molecular weight excluding hydrogens is 348 g/mol. The molecule has 0 amide bonds. The Bertz CT molecular complexity index is 803. The fourth-order valence-electron chi connectivity index (χ4n) is 2.58. The monoisotopic (exact) mass is 364 g/mol. The lowest BCUT2D eigenvalue weighted by Crippen LogP contribution is -2.51. The van der Waals surface area contributed by atoms with Gasteiger partial charge in [0.15, 0.2) is 10.7 Å². The van der Waals surface area contributed by atoms with E-state index < -0.39 is 16.4 Å². The first kappa shape index (κ1) is 17.3. The summed E-state index contributed by atoms with van der Waals surface area (Å²) in [6.07, 6.45) is -0.384. The minimum atomic E-state index is -1.68. The molecule has 1 unspecified atom stereocenters. The van der Waals surface area contributed by atoms with Gasteiger partial charge >= 0.3 is 5.97 Å². The van der Waals surface area contributed by atoms with Crippen LogP contribution >= 0.6 is 11.3 Å². The van der Waals surface area contributed by atoms with E-state index in [-0.39, 0.29) is 17.5 Å². The fraction of sp³-hybridized carbons (Fsp3) is 0.333. The molecule has 1 fully saturated rings. The van der Waals surface area contributed by atoms with Crippen LogP contribution in [0.15, 0.2) is 29.6 Å². The number of hydrogen-bond donors (Lipinski definition) is 2. The number of rotatable bonds is 5. The van der Waals surface area contributed by atoms with Crippen LogP contribution in [0.25, 0.3) is 0 Å². The maximum atomic E-state index is 12.4. The van der Waals surface area contributed by atoms with Crippen LogP contribution in [0.2, 0.25) is 0 Å². The second kappa shape index (κ2) is 6.39. The van der Waals surface area contributed by atoms with E-state index in [0.717, 1.165) is 0 Å². The number of nitrogens with zero attached hydrogens (tertiary/aromatic N) is 3. The van der Waals surface area contributed by atoms with Crippen LogP contribution in [-0.2, 0) is 15.1 Å². The van der Waals surface area contributed by atoms with Crippen molar-refractivity contribution in [1.29, 1.82) is 0 Å². The van der Waals surface area contributed by atoms with Crippen molar-refractivity contribution in [2.45, 2.75) is 11.6 Å². The number of nitrogens with two attached hydrogens (primary N) is 1. The number of methoxy groups -OCH3 is 1. The zero-order chi connectivity index (χ0) is 18.2. The first-order valence-corrected chi connectivity index (χ1v) is 8.25. The number of esters is 1. The zero-order valence-electron chi connectivity index (χ0n) is 13.3. The van der Waals surface area contributed by atoms with Crippen LogP contribution < -0.4 is 10.6 Å². The Morgan fingerprint density at radius 2 is 2.12 bits per heavy atom. The predicted octanol–water partition coefficient (Wildman–Crippen LogP) is 0.607. The number of carbonyl (C=O) groups is 1. The molecule has 0 radical (unpaired) electrons. The molecule has 25 heavy (non-hydrogen) atoms. The minimum Gasteiger partial charge on any atom is -0.467 e. The number of thiazole rings is 1. The van der Waals surface area contributed by atoms with Gasteiger partial charge in [-0.25, -0.2) is 9.78 Å². The van der Waals surface area contributed by atoms with Gasteiger partial charge in [0.05, 0.1) is 23.8 Å². The van der Waals surface area contributed by atoms with Crippen molar-refractivity contribution < 1.29 is 19.6 Å². The molecule has 0 spiro atoms. The van der Waals surface area contributed by atoms with E-state index in [2.05, 4.69) is 4.98 Å². The summed E-state index contributed by atoms with van der Waals surface area (Å²) in [5, 5.41) is 22.5. The van der Waals surface area contributed by atoms with Crippen LogP contribution in [0.4, 0.5) is 10.8 Å². The molecule has 0 aliphatic carbocycles. The molecule has 1 aliphatic heterocycles. The average Bonchev–Trinajstić information content (AvgIpc) is 3.07. The van der Waals surface area contributed by atoms with E-state index in [9.17, 15) is 20.0 Å². The van der Waals surface area contributed by atoms with Gasteiger partial charge in [0.1, 0.15) is 0 Å². The second-order valence-corrected chi connectivity index (χ2v) is 6.51. The molecule has 1 saturated heterocycles. The summed E-state index contributed by atoms with van der Waals surface area (Å²) in [7, 11) is 1.22. The standard InChI is InChI=1S/C15H16N4O5S/c1-24-13(21)15(16,9-2-4-10(5-3-9)19(22)23)12-8-25-14(17-12)18-6-11(20)7-18/h2-5,8,11,20H,6-7,16H2,1H3. The van der Waals surface area contributed by atoms with E-state index >= 15 is 0 Å². The summed E-state index contributed by atoms with van der Waals surface area (Å²) in [5.74, 6) is -0.721. The third kappa shape index (κ3) is 2.95. The van der Waals surface area contributed by atoms with Gasteiger partial charge in [-0.3, -0.25) is 10.1 Å². The number of anilines is 1. The van der Waals surface area contributed by atoms with Gasteiger partial charge in [-0.05, 0) is 17.7 Å². The van der Waals surface area contributed by atoms with Crippen molar-refractivity contribution in [2.75, 3.05) is 25.1 Å². The maximum absolute atomic E-state index is 12.4. The molecule has 3 rings (SSSR count). The molecular formula is C15H16N4O5S. The molecule has 2 aromatic rings. The number of non-ortho nitro benzene ring substituents is 1. The SMILES string of the molecule is COC(=O)C(N)(c1ccc([N+](=O)[O-])cc1)c1csc(N2CC(O)C2)n1. The maximum Gasteiger partial charge on any atom is 0.336 e. The number of benzene rings is 1. The lowest BCUT2D eigenvalue weighted by molar-refractivity contribution is -0.384. The van der Waals surface area contributed by atoms with Gasteiger partial charge in [-0.15, -0.1) is 11.3 Å². The Kier molecular flexibility index (Phi) is 4.41. The topological polar surface area (TPSA) is 132 Å². The molecule has 132 valence electrons. The van der Waals surface area contributed by atoms with Gasteiger partial charge in [0, 0.05) is 30.6 Å². The highest BCUT2D eigenvalue weighted by Crippen LogP contribution is 2.34. The van der Waals surface area contributed by atoms with Crippen molar-refractivity contribution in [1.82, 2.24) is 4.98 Å².